The van der Waals surface area contributed by atoms with Crippen LogP contribution in [0.5, 0.6) is 0 Å². The molecule has 0 aliphatic carbocycles. The molecule has 0 saturated heterocycles. The highest BCUT2D eigenvalue weighted by Crippen LogP contribution is 2.29. The molecule has 0 bridgehead atoms. The summed E-state index contributed by atoms with van der Waals surface area (Å²) in [7, 11) is 0. The zero-order valence-corrected chi connectivity index (χ0v) is 11.6. The van der Waals surface area contributed by atoms with Crippen molar-refractivity contribution in [2.24, 2.45) is 0 Å². The largest absolute Gasteiger partial charge is 0.295 e. The van der Waals surface area contributed by atoms with E-state index in [2.05, 4.69) is 48.3 Å². The monoisotopic (exact) mass is 267 g/mol. The maximum Gasteiger partial charge on any atom is 0.178 e. The van der Waals surface area contributed by atoms with E-state index in [0.717, 1.165) is 22.4 Å². The summed E-state index contributed by atoms with van der Waals surface area (Å²) in [5.74, 6) is 0. The van der Waals surface area contributed by atoms with Crippen LogP contribution in [0.1, 0.15) is 20.2 Å². The summed E-state index contributed by atoms with van der Waals surface area (Å²) >= 11 is 1.44. The number of rotatable bonds is 2. The Balaban J connectivity index is 2.17. The van der Waals surface area contributed by atoms with Crippen LogP contribution >= 0.6 is 11.3 Å². The Hall–Kier alpha value is -2.00. The Bertz CT molecular complexity index is 774. The molecule has 1 aromatic heterocycles. The lowest BCUT2D eigenvalue weighted by atomic mass is 10.0. The van der Waals surface area contributed by atoms with Crippen LogP contribution in [0.3, 0.4) is 0 Å². The Labute approximate surface area is 115 Å². The van der Waals surface area contributed by atoms with Crippen molar-refractivity contribution in [3.63, 3.8) is 0 Å². The van der Waals surface area contributed by atoms with Gasteiger partial charge >= 0.3 is 0 Å². The van der Waals surface area contributed by atoms with Crippen molar-refractivity contribution in [2.75, 3.05) is 0 Å². The van der Waals surface area contributed by atoms with E-state index in [-0.39, 0.29) is 0 Å². The summed E-state index contributed by atoms with van der Waals surface area (Å²) in [5.41, 5.74) is 3.24. The third-order valence-corrected chi connectivity index (χ3v) is 4.08. The smallest absolute Gasteiger partial charge is 0.178 e. The number of aryl methyl sites for hydroxylation is 2. The van der Waals surface area contributed by atoms with Crippen LogP contribution < -0.4 is 0 Å². The minimum Gasteiger partial charge on any atom is -0.295 e. The molecule has 0 atom stereocenters. The minimum absolute atomic E-state index is 0.538. The lowest BCUT2D eigenvalue weighted by Gasteiger charge is -2.03. The van der Waals surface area contributed by atoms with Crippen LogP contribution in [0.15, 0.2) is 36.4 Å². The second-order valence-corrected chi connectivity index (χ2v) is 5.87. The first-order valence-corrected chi connectivity index (χ1v) is 6.92. The lowest BCUT2D eigenvalue weighted by molar-refractivity contribution is 0.112. The number of hydrogen-bond donors (Lipinski definition) is 0. The first-order chi connectivity index (χ1) is 9.17. The molecule has 0 fully saturated rings. The minimum atomic E-state index is 0.538. The molecule has 0 aliphatic rings. The predicted octanol–water partition coefficient (Wildman–Crippen LogP) is 4.39. The van der Waals surface area contributed by atoms with Crippen LogP contribution in [0.25, 0.3) is 22.0 Å². The maximum absolute atomic E-state index is 10.8. The van der Waals surface area contributed by atoms with Gasteiger partial charge in [0, 0.05) is 10.4 Å². The van der Waals surface area contributed by atoms with Gasteiger partial charge in [0.05, 0.1) is 5.69 Å². The molecule has 19 heavy (non-hydrogen) atoms. The second-order valence-electron chi connectivity index (χ2n) is 4.64. The van der Waals surface area contributed by atoms with E-state index in [1.54, 1.807) is 0 Å². The summed E-state index contributed by atoms with van der Waals surface area (Å²) in [6, 6.07) is 12.7. The molecule has 3 aromatic rings. The number of carbonyl (C=O) groups excluding carboxylic acids is 1. The van der Waals surface area contributed by atoms with Crippen molar-refractivity contribution in [1.82, 2.24) is 4.98 Å². The molecule has 0 N–H and O–H groups in total. The van der Waals surface area contributed by atoms with E-state index < -0.39 is 0 Å². The SMILES string of the molecule is Cc1ccc2cc(-c3nc(C=O)sc3C)ccc2c1. The first-order valence-electron chi connectivity index (χ1n) is 6.11. The van der Waals surface area contributed by atoms with Crippen LogP contribution in [0.4, 0.5) is 0 Å². The average Bonchev–Trinajstić information content (AvgIpc) is 2.79. The van der Waals surface area contributed by atoms with Crippen LogP contribution in [-0.4, -0.2) is 11.3 Å². The van der Waals surface area contributed by atoms with Crippen molar-refractivity contribution >= 4 is 28.4 Å². The third kappa shape index (κ3) is 2.17. The normalized spacial score (nSPS) is 10.8. The van der Waals surface area contributed by atoms with Crippen molar-refractivity contribution < 1.29 is 4.79 Å². The molecule has 1 heterocycles. The fourth-order valence-corrected chi connectivity index (χ4v) is 3.01. The van der Waals surface area contributed by atoms with E-state index >= 15 is 0 Å². The molecule has 0 amide bonds. The maximum atomic E-state index is 10.8. The summed E-state index contributed by atoms with van der Waals surface area (Å²) in [5, 5.41) is 2.96. The van der Waals surface area contributed by atoms with Crippen molar-refractivity contribution in [2.45, 2.75) is 13.8 Å². The Kier molecular flexibility index (Phi) is 2.91. The van der Waals surface area contributed by atoms with E-state index in [0.29, 0.717) is 5.01 Å². The van der Waals surface area contributed by atoms with Gasteiger partial charge in [0.15, 0.2) is 11.3 Å². The van der Waals surface area contributed by atoms with Crippen LogP contribution in [0, 0.1) is 13.8 Å². The molecule has 0 unspecified atom stereocenters. The topological polar surface area (TPSA) is 30.0 Å². The fourth-order valence-electron chi connectivity index (χ4n) is 2.25. The van der Waals surface area contributed by atoms with Crippen molar-refractivity contribution in [1.29, 1.82) is 0 Å². The summed E-state index contributed by atoms with van der Waals surface area (Å²) in [6.45, 7) is 4.09. The van der Waals surface area contributed by atoms with Gasteiger partial charge in [-0.25, -0.2) is 4.98 Å². The molecular weight excluding hydrogens is 254 g/mol. The van der Waals surface area contributed by atoms with Gasteiger partial charge in [0.2, 0.25) is 0 Å². The van der Waals surface area contributed by atoms with E-state index in [9.17, 15) is 4.79 Å². The lowest BCUT2D eigenvalue weighted by Crippen LogP contribution is -1.83. The van der Waals surface area contributed by atoms with E-state index in [1.807, 2.05) is 6.92 Å². The zero-order valence-electron chi connectivity index (χ0n) is 10.8. The van der Waals surface area contributed by atoms with E-state index in [4.69, 9.17) is 0 Å². The molecule has 3 rings (SSSR count). The number of nitrogens with zero attached hydrogens (tertiary/aromatic N) is 1. The van der Waals surface area contributed by atoms with Gasteiger partial charge in [-0.15, -0.1) is 11.3 Å². The van der Waals surface area contributed by atoms with Crippen LogP contribution in [-0.2, 0) is 0 Å². The highest BCUT2D eigenvalue weighted by Gasteiger charge is 2.09. The standard InChI is InChI=1S/C16H13NOS/c1-10-3-4-13-8-14(6-5-12(13)7-10)16-11(2)19-15(9-18)17-16/h3-9H,1-2H3. The first kappa shape index (κ1) is 12.1. The molecule has 2 aromatic carbocycles. The van der Waals surface area contributed by atoms with Crippen molar-refractivity contribution in [3.8, 4) is 11.3 Å². The van der Waals surface area contributed by atoms with Gasteiger partial charge in [-0.05, 0) is 30.7 Å². The summed E-state index contributed by atoms with van der Waals surface area (Å²) in [4.78, 5) is 16.3. The molecule has 0 spiro atoms. The molecular formula is C16H13NOS. The van der Waals surface area contributed by atoms with Crippen LogP contribution in [0.2, 0.25) is 0 Å². The summed E-state index contributed by atoms with van der Waals surface area (Å²) in [6.07, 6.45) is 0.811. The number of carbonyl (C=O) groups is 1. The number of benzene rings is 2. The van der Waals surface area contributed by atoms with Crippen molar-refractivity contribution in [3.05, 3.63) is 51.8 Å². The fraction of sp³-hybridized carbons (Fsp3) is 0.125. The molecule has 0 saturated carbocycles. The second kappa shape index (κ2) is 4.59. The van der Waals surface area contributed by atoms with Gasteiger partial charge in [-0.2, -0.15) is 0 Å². The summed E-state index contributed by atoms with van der Waals surface area (Å²) < 4.78 is 0. The van der Waals surface area contributed by atoms with Gasteiger partial charge < -0.3 is 0 Å². The number of aldehydes is 1. The molecule has 94 valence electrons. The zero-order chi connectivity index (χ0) is 13.4. The predicted molar refractivity (Wildman–Crippen MR) is 79.9 cm³/mol. The number of thiazole rings is 1. The Morgan fingerprint density at radius 3 is 2.53 bits per heavy atom. The van der Waals surface area contributed by atoms with E-state index in [1.165, 1.54) is 27.7 Å². The Morgan fingerprint density at radius 2 is 1.79 bits per heavy atom. The highest BCUT2D eigenvalue weighted by molar-refractivity contribution is 7.13. The highest BCUT2D eigenvalue weighted by atomic mass is 32.1. The molecule has 3 heteroatoms. The van der Waals surface area contributed by atoms with Gasteiger partial charge in [-0.1, -0.05) is 35.9 Å². The van der Waals surface area contributed by atoms with Gasteiger partial charge in [-0.3, -0.25) is 4.79 Å². The quantitative estimate of drug-likeness (QED) is 0.644. The molecule has 2 nitrogen and oxygen atoms in total. The van der Waals surface area contributed by atoms with Gasteiger partial charge in [0.1, 0.15) is 0 Å². The Morgan fingerprint density at radius 1 is 1.05 bits per heavy atom. The molecule has 0 radical (unpaired) electrons. The average molecular weight is 267 g/mol. The van der Waals surface area contributed by atoms with Gasteiger partial charge in [0.25, 0.3) is 0 Å². The third-order valence-electron chi connectivity index (χ3n) is 3.18. The molecule has 0 aliphatic heterocycles. The number of fused-ring (bicyclic) bond motifs is 1. The number of hydrogen-bond acceptors (Lipinski definition) is 3. The number of aromatic nitrogens is 1.